The Morgan fingerprint density at radius 2 is 2.28 bits per heavy atom. The highest BCUT2D eigenvalue weighted by Crippen LogP contribution is 2.36. The molecule has 0 amide bonds. The van der Waals surface area contributed by atoms with Crippen molar-refractivity contribution in [1.29, 1.82) is 5.26 Å². The number of aromatic nitrogens is 2. The smallest absolute Gasteiger partial charge is 0.227 e. The van der Waals surface area contributed by atoms with Crippen LogP contribution in [-0.4, -0.2) is 16.7 Å². The third-order valence-electron chi connectivity index (χ3n) is 2.95. The lowest BCUT2D eigenvalue weighted by atomic mass is 10.0. The van der Waals surface area contributed by atoms with E-state index in [1.165, 1.54) is 0 Å². The fraction of sp³-hybridized carbons (Fsp3) is 0.308. The molecule has 1 aromatic carbocycles. The van der Waals surface area contributed by atoms with Crippen LogP contribution in [0, 0.1) is 11.3 Å². The van der Waals surface area contributed by atoms with Gasteiger partial charge in [0.2, 0.25) is 5.89 Å². The molecule has 0 saturated heterocycles. The highest BCUT2D eigenvalue weighted by molar-refractivity contribution is 5.42. The second kappa shape index (κ2) is 4.49. The van der Waals surface area contributed by atoms with Crippen molar-refractivity contribution >= 4 is 0 Å². The van der Waals surface area contributed by atoms with Crippen molar-refractivity contribution in [2.45, 2.75) is 18.8 Å². The van der Waals surface area contributed by atoms with Crippen LogP contribution in [0.1, 0.15) is 29.6 Å². The van der Waals surface area contributed by atoms with E-state index < -0.39 is 0 Å². The average Bonchev–Trinajstić information content (AvgIpc) is 3.02. The number of benzene rings is 1. The van der Waals surface area contributed by atoms with Gasteiger partial charge in [0.1, 0.15) is 12.4 Å². The monoisotopic (exact) mass is 241 g/mol. The summed E-state index contributed by atoms with van der Waals surface area (Å²) in [5, 5.41) is 12.5. The summed E-state index contributed by atoms with van der Waals surface area (Å²) in [4.78, 5) is 4.32. The highest BCUT2D eigenvalue weighted by Gasteiger charge is 2.29. The second-order valence-corrected chi connectivity index (χ2v) is 4.11. The Balaban J connectivity index is 1.84. The number of hydrogen-bond donors (Lipinski definition) is 0. The molecule has 1 aliphatic heterocycles. The molecule has 2 heterocycles. The highest BCUT2D eigenvalue weighted by atomic mass is 16.5. The third-order valence-corrected chi connectivity index (χ3v) is 2.95. The van der Waals surface area contributed by atoms with Gasteiger partial charge in [0, 0.05) is 18.4 Å². The Morgan fingerprint density at radius 1 is 1.39 bits per heavy atom. The lowest BCUT2D eigenvalue weighted by Crippen LogP contribution is -2.04. The fourth-order valence-electron chi connectivity index (χ4n) is 2.05. The van der Waals surface area contributed by atoms with E-state index in [0.29, 0.717) is 31.2 Å². The Bertz CT molecular complexity index is 600. The molecule has 5 heteroatoms. The summed E-state index contributed by atoms with van der Waals surface area (Å²) in [7, 11) is 0. The predicted octanol–water partition coefficient (Wildman–Crippen LogP) is 2.05. The van der Waals surface area contributed by atoms with Gasteiger partial charge in [-0.25, -0.2) is 0 Å². The number of hydrogen-bond acceptors (Lipinski definition) is 5. The van der Waals surface area contributed by atoms with Crippen molar-refractivity contribution in [3.05, 3.63) is 41.5 Å². The molecule has 18 heavy (non-hydrogen) atoms. The normalized spacial score (nSPS) is 16.9. The molecule has 0 radical (unpaired) electrons. The molecule has 2 aromatic rings. The van der Waals surface area contributed by atoms with E-state index in [-0.39, 0.29) is 5.92 Å². The molecule has 3 rings (SSSR count). The van der Waals surface area contributed by atoms with Gasteiger partial charge in [0.25, 0.3) is 0 Å². The number of para-hydroxylation sites is 1. The van der Waals surface area contributed by atoms with Crippen LogP contribution in [-0.2, 0) is 6.42 Å². The summed E-state index contributed by atoms with van der Waals surface area (Å²) >= 11 is 0. The van der Waals surface area contributed by atoms with Crippen molar-refractivity contribution in [2.75, 3.05) is 6.61 Å². The minimum atomic E-state index is 0.0285. The van der Waals surface area contributed by atoms with Crippen molar-refractivity contribution in [2.24, 2.45) is 0 Å². The summed E-state index contributed by atoms with van der Waals surface area (Å²) in [6.45, 7) is 0.538. The van der Waals surface area contributed by atoms with Crippen molar-refractivity contribution in [1.82, 2.24) is 10.1 Å². The summed E-state index contributed by atoms with van der Waals surface area (Å²) in [6, 6.07) is 9.92. The maximum Gasteiger partial charge on any atom is 0.227 e. The van der Waals surface area contributed by atoms with E-state index in [0.717, 1.165) is 11.3 Å². The number of fused-ring (bicyclic) bond motifs is 1. The van der Waals surface area contributed by atoms with Crippen LogP contribution in [0.15, 0.2) is 28.8 Å². The quantitative estimate of drug-likeness (QED) is 0.822. The van der Waals surface area contributed by atoms with Gasteiger partial charge in [0.05, 0.1) is 12.0 Å². The molecule has 0 saturated carbocycles. The van der Waals surface area contributed by atoms with Crippen LogP contribution < -0.4 is 4.74 Å². The van der Waals surface area contributed by atoms with E-state index >= 15 is 0 Å². The first-order valence-electron chi connectivity index (χ1n) is 5.79. The maximum atomic E-state index is 8.52. The first kappa shape index (κ1) is 10.8. The minimum Gasteiger partial charge on any atom is -0.492 e. The van der Waals surface area contributed by atoms with Gasteiger partial charge >= 0.3 is 0 Å². The molecule has 0 fully saturated rings. The molecule has 0 spiro atoms. The predicted molar refractivity (Wildman–Crippen MR) is 62.0 cm³/mol. The summed E-state index contributed by atoms with van der Waals surface area (Å²) in [5.74, 6) is 2.05. The molecule has 0 N–H and O–H groups in total. The zero-order chi connectivity index (χ0) is 12.4. The number of nitriles is 1. The van der Waals surface area contributed by atoms with Crippen LogP contribution in [0.4, 0.5) is 0 Å². The fourth-order valence-corrected chi connectivity index (χ4v) is 2.05. The number of nitrogens with zero attached hydrogens (tertiary/aromatic N) is 3. The lowest BCUT2D eigenvalue weighted by Gasteiger charge is -2.01. The third kappa shape index (κ3) is 1.82. The molecule has 0 aliphatic carbocycles. The van der Waals surface area contributed by atoms with Crippen LogP contribution in [0.25, 0.3) is 0 Å². The Morgan fingerprint density at radius 3 is 3.17 bits per heavy atom. The van der Waals surface area contributed by atoms with Gasteiger partial charge in [-0.15, -0.1) is 0 Å². The summed E-state index contributed by atoms with van der Waals surface area (Å²) < 4.78 is 10.7. The average molecular weight is 241 g/mol. The second-order valence-electron chi connectivity index (χ2n) is 4.11. The maximum absolute atomic E-state index is 8.52. The van der Waals surface area contributed by atoms with Crippen LogP contribution in [0.2, 0.25) is 0 Å². The first-order valence-corrected chi connectivity index (χ1v) is 5.79. The minimum absolute atomic E-state index is 0.0285. The van der Waals surface area contributed by atoms with Crippen LogP contribution in [0.5, 0.6) is 5.75 Å². The van der Waals surface area contributed by atoms with Gasteiger partial charge in [-0.3, -0.25) is 0 Å². The van der Waals surface area contributed by atoms with Gasteiger partial charge in [0.15, 0.2) is 5.82 Å². The summed E-state index contributed by atoms with van der Waals surface area (Å²) in [6.07, 6.45) is 0.887. The number of rotatable bonds is 3. The lowest BCUT2D eigenvalue weighted by molar-refractivity contribution is 0.331. The molecule has 1 aromatic heterocycles. The Hall–Kier alpha value is -2.35. The van der Waals surface area contributed by atoms with Crippen LogP contribution in [0.3, 0.4) is 0 Å². The molecule has 0 bridgehead atoms. The van der Waals surface area contributed by atoms with Gasteiger partial charge in [-0.05, 0) is 6.07 Å². The van der Waals surface area contributed by atoms with E-state index in [1.54, 1.807) is 0 Å². The molecule has 1 unspecified atom stereocenters. The van der Waals surface area contributed by atoms with Crippen LogP contribution >= 0.6 is 0 Å². The van der Waals surface area contributed by atoms with Gasteiger partial charge in [-0.2, -0.15) is 10.2 Å². The van der Waals surface area contributed by atoms with Crippen molar-refractivity contribution in [3.8, 4) is 11.8 Å². The van der Waals surface area contributed by atoms with Crippen molar-refractivity contribution < 1.29 is 9.26 Å². The van der Waals surface area contributed by atoms with E-state index in [1.807, 2.05) is 24.3 Å². The number of ether oxygens (including phenoxy) is 1. The molecular formula is C13H11N3O2. The van der Waals surface area contributed by atoms with E-state index in [4.69, 9.17) is 14.5 Å². The van der Waals surface area contributed by atoms with E-state index in [9.17, 15) is 0 Å². The molecule has 1 aliphatic rings. The Labute approximate surface area is 104 Å². The first-order chi connectivity index (χ1) is 8.88. The molecule has 90 valence electrons. The summed E-state index contributed by atoms with van der Waals surface area (Å²) in [5.41, 5.74) is 1.09. The van der Waals surface area contributed by atoms with Gasteiger partial charge in [-0.1, -0.05) is 23.4 Å². The zero-order valence-corrected chi connectivity index (χ0v) is 9.67. The molecule has 5 nitrogen and oxygen atoms in total. The van der Waals surface area contributed by atoms with Gasteiger partial charge < -0.3 is 9.26 Å². The van der Waals surface area contributed by atoms with E-state index in [2.05, 4.69) is 16.2 Å². The largest absolute Gasteiger partial charge is 0.492 e. The Kier molecular flexibility index (Phi) is 2.69. The van der Waals surface area contributed by atoms with Crippen molar-refractivity contribution in [3.63, 3.8) is 0 Å². The molecule has 1 atom stereocenters. The standard InChI is InChI=1S/C13H11N3O2/c14-7-3-6-12-15-13(16-18-12)10-8-17-11-5-2-1-4-9(10)11/h1-2,4-5,10H,3,6,8H2. The SMILES string of the molecule is N#CCCc1nc(C2COc3ccccc32)no1. The number of aryl methyl sites for hydroxylation is 1. The topological polar surface area (TPSA) is 71.9 Å². The zero-order valence-electron chi connectivity index (χ0n) is 9.67. The molecular weight excluding hydrogens is 230 g/mol.